The summed E-state index contributed by atoms with van der Waals surface area (Å²) in [5, 5.41) is 12.5. The van der Waals surface area contributed by atoms with Crippen LogP contribution in [-0.2, 0) is 0 Å². The van der Waals surface area contributed by atoms with E-state index in [1.807, 2.05) is 0 Å². The van der Waals surface area contributed by atoms with Gasteiger partial charge in [-0.3, -0.25) is 4.79 Å². The van der Waals surface area contributed by atoms with E-state index in [4.69, 9.17) is 11.6 Å². The van der Waals surface area contributed by atoms with Crippen molar-refractivity contribution >= 4 is 39.1 Å². The van der Waals surface area contributed by atoms with Gasteiger partial charge in [0.1, 0.15) is 5.75 Å². The number of carbonyl (C=O) groups excluding carboxylic acids is 1. The van der Waals surface area contributed by atoms with E-state index in [1.165, 1.54) is 18.3 Å². The standard InChI is InChI=1S/C12H8BrClN2O2/c13-7-3-4-8(14)9(6-7)16-12(18)11-10(17)2-1-5-15-11/h1-6,17H,(H,16,18). The first-order chi connectivity index (χ1) is 8.58. The fourth-order valence-corrected chi connectivity index (χ4v) is 1.87. The lowest BCUT2D eigenvalue weighted by Crippen LogP contribution is -2.14. The molecule has 0 atom stereocenters. The molecule has 1 heterocycles. The second-order valence-corrected chi connectivity index (χ2v) is 4.77. The molecule has 0 aliphatic heterocycles. The number of hydrogen-bond acceptors (Lipinski definition) is 3. The van der Waals surface area contributed by atoms with Crippen LogP contribution >= 0.6 is 27.5 Å². The average molecular weight is 328 g/mol. The first kappa shape index (κ1) is 12.9. The summed E-state index contributed by atoms with van der Waals surface area (Å²) in [7, 11) is 0. The normalized spacial score (nSPS) is 10.1. The molecule has 92 valence electrons. The molecule has 4 nitrogen and oxygen atoms in total. The fraction of sp³-hybridized carbons (Fsp3) is 0. The predicted octanol–water partition coefficient (Wildman–Crippen LogP) is 3.46. The molecule has 2 rings (SSSR count). The summed E-state index contributed by atoms with van der Waals surface area (Å²) in [6.07, 6.45) is 1.43. The van der Waals surface area contributed by atoms with Crippen molar-refractivity contribution in [1.29, 1.82) is 0 Å². The molecule has 6 heteroatoms. The molecule has 1 aromatic carbocycles. The van der Waals surface area contributed by atoms with Crippen molar-refractivity contribution in [3.8, 4) is 5.75 Å². The van der Waals surface area contributed by atoms with Crippen LogP contribution < -0.4 is 5.32 Å². The van der Waals surface area contributed by atoms with Gasteiger partial charge in [0.25, 0.3) is 5.91 Å². The Morgan fingerprint density at radius 3 is 2.89 bits per heavy atom. The van der Waals surface area contributed by atoms with Crippen LogP contribution in [0.3, 0.4) is 0 Å². The minimum Gasteiger partial charge on any atom is -0.505 e. The molecule has 0 unspecified atom stereocenters. The number of benzene rings is 1. The molecule has 0 aliphatic rings. The molecule has 0 fully saturated rings. The van der Waals surface area contributed by atoms with Crippen LogP contribution in [0.1, 0.15) is 10.5 Å². The highest BCUT2D eigenvalue weighted by atomic mass is 79.9. The minimum atomic E-state index is -0.520. The minimum absolute atomic E-state index is 0.0476. The number of anilines is 1. The molecule has 0 radical (unpaired) electrons. The third-order valence-corrected chi connectivity index (χ3v) is 3.00. The number of carbonyl (C=O) groups is 1. The summed E-state index contributed by atoms with van der Waals surface area (Å²) in [5.74, 6) is -0.700. The van der Waals surface area contributed by atoms with Crippen LogP contribution in [0.4, 0.5) is 5.69 Å². The smallest absolute Gasteiger partial charge is 0.278 e. The molecule has 0 bridgehead atoms. The van der Waals surface area contributed by atoms with Crippen molar-refractivity contribution in [3.05, 3.63) is 51.7 Å². The molecule has 0 spiro atoms. The van der Waals surface area contributed by atoms with Crippen molar-refractivity contribution in [2.75, 3.05) is 5.32 Å². The van der Waals surface area contributed by atoms with Crippen LogP contribution in [-0.4, -0.2) is 16.0 Å². The van der Waals surface area contributed by atoms with Crippen molar-refractivity contribution in [1.82, 2.24) is 4.98 Å². The Bertz CT molecular complexity index is 604. The largest absolute Gasteiger partial charge is 0.505 e. The number of amides is 1. The monoisotopic (exact) mass is 326 g/mol. The van der Waals surface area contributed by atoms with Gasteiger partial charge in [0, 0.05) is 10.7 Å². The van der Waals surface area contributed by atoms with Gasteiger partial charge in [-0.2, -0.15) is 0 Å². The molecular weight excluding hydrogens is 320 g/mol. The highest BCUT2D eigenvalue weighted by molar-refractivity contribution is 9.10. The SMILES string of the molecule is O=C(Nc1cc(Br)ccc1Cl)c1ncccc1O. The number of halogens is 2. The van der Waals surface area contributed by atoms with Crippen LogP contribution in [0.5, 0.6) is 5.75 Å². The molecule has 18 heavy (non-hydrogen) atoms. The van der Waals surface area contributed by atoms with Gasteiger partial charge in [0.15, 0.2) is 5.69 Å². The first-order valence-electron chi connectivity index (χ1n) is 4.98. The first-order valence-corrected chi connectivity index (χ1v) is 6.15. The van der Waals surface area contributed by atoms with Crippen molar-refractivity contribution < 1.29 is 9.90 Å². The van der Waals surface area contributed by atoms with E-state index >= 15 is 0 Å². The van der Waals surface area contributed by atoms with Gasteiger partial charge in [-0.15, -0.1) is 0 Å². The van der Waals surface area contributed by atoms with E-state index in [2.05, 4.69) is 26.2 Å². The molecule has 0 saturated carbocycles. The van der Waals surface area contributed by atoms with Gasteiger partial charge in [-0.05, 0) is 30.3 Å². The van der Waals surface area contributed by atoms with Crippen LogP contribution in [0.25, 0.3) is 0 Å². The van der Waals surface area contributed by atoms with Crippen LogP contribution in [0.15, 0.2) is 41.0 Å². The lowest BCUT2D eigenvalue weighted by Gasteiger charge is -2.08. The highest BCUT2D eigenvalue weighted by Gasteiger charge is 2.13. The second kappa shape index (κ2) is 5.37. The van der Waals surface area contributed by atoms with E-state index in [1.54, 1.807) is 18.2 Å². The third kappa shape index (κ3) is 2.80. The zero-order chi connectivity index (χ0) is 13.1. The Labute approximate surface area is 117 Å². The van der Waals surface area contributed by atoms with Crippen molar-refractivity contribution in [2.45, 2.75) is 0 Å². The van der Waals surface area contributed by atoms with Gasteiger partial charge in [-0.25, -0.2) is 4.98 Å². The summed E-state index contributed by atoms with van der Waals surface area (Å²) in [4.78, 5) is 15.7. The highest BCUT2D eigenvalue weighted by Crippen LogP contribution is 2.26. The van der Waals surface area contributed by atoms with E-state index in [0.717, 1.165) is 4.47 Å². The number of rotatable bonds is 2. The van der Waals surface area contributed by atoms with E-state index in [9.17, 15) is 9.90 Å². The maximum atomic E-state index is 11.9. The zero-order valence-corrected chi connectivity index (χ0v) is 11.4. The molecular formula is C12H8BrClN2O2. The Morgan fingerprint density at radius 2 is 2.17 bits per heavy atom. The molecule has 1 aromatic heterocycles. The number of pyridine rings is 1. The van der Waals surface area contributed by atoms with Gasteiger partial charge < -0.3 is 10.4 Å². The Balaban J connectivity index is 2.27. The molecule has 2 aromatic rings. The third-order valence-electron chi connectivity index (χ3n) is 2.18. The lowest BCUT2D eigenvalue weighted by molar-refractivity contribution is 0.101. The summed E-state index contributed by atoms with van der Waals surface area (Å²) in [6.45, 7) is 0. The summed E-state index contributed by atoms with van der Waals surface area (Å²) in [5.41, 5.74) is 0.398. The van der Waals surface area contributed by atoms with Gasteiger partial charge >= 0.3 is 0 Å². The van der Waals surface area contributed by atoms with Crippen molar-refractivity contribution in [2.24, 2.45) is 0 Å². The van der Waals surface area contributed by atoms with E-state index < -0.39 is 5.91 Å². The molecule has 1 amide bonds. The molecule has 0 aliphatic carbocycles. The fourth-order valence-electron chi connectivity index (χ4n) is 1.35. The number of aromatic nitrogens is 1. The maximum Gasteiger partial charge on any atom is 0.278 e. The van der Waals surface area contributed by atoms with Gasteiger partial charge in [0.05, 0.1) is 10.7 Å². The predicted molar refractivity (Wildman–Crippen MR) is 73.0 cm³/mol. The topological polar surface area (TPSA) is 62.2 Å². The van der Waals surface area contributed by atoms with E-state index in [0.29, 0.717) is 10.7 Å². The number of aromatic hydroxyl groups is 1. The van der Waals surface area contributed by atoms with Gasteiger partial charge in [0.2, 0.25) is 0 Å². The molecule has 0 saturated heterocycles. The molecule has 2 N–H and O–H groups in total. The summed E-state index contributed by atoms with van der Waals surface area (Å²) < 4.78 is 0.785. The Kier molecular flexibility index (Phi) is 3.84. The van der Waals surface area contributed by atoms with Crippen molar-refractivity contribution in [3.63, 3.8) is 0 Å². The lowest BCUT2D eigenvalue weighted by atomic mass is 10.2. The van der Waals surface area contributed by atoms with Crippen LogP contribution in [0.2, 0.25) is 5.02 Å². The Hall–Kier alpha value is -1.59. The summed E-state index contributed by atoms with van der Waals surface area (Å²) >= 11 is 9.23. The van der Waals surface area contributed by atoms with E-state index in [-0.39, 0.29) is 11.4 Å². The number of nitrogens with one attached hydrogen (secondary N) is 1. The maximum absolute atomic E-state index is 11.9. The summed E-state index contributed by atoms with van der Waals surface area (Å²) in [6, 6.07) is 8.01. The zero-order valence-electron chi connectivity index (χ0n) is 9.02. The quantitative estimate of drug-likeness (QED) is 0.888. The second-order valence-electron chi connectivity index (χ2n) is 3.45. The Morgan fingerprint density at radius 1 is 1.39 bits per heavy atom. The number of hydrogen-bond donors (Lipinski definition) is 2. The number of nitrogens with zero attached hydrogens (tertiary/aromatic N) is 1. The van der Waals surface area contributed by atoms with Crippen LogP contribution in [0, 0.1) is 0 Å². The van der Waals surface area contributed by atoms with Gasteiger partial charge in [-0.1, -0.05) is 27.5 Å². The average Bonchev–Trinajstić information content (AvgIpc) is 2.34.